The maximum atomic E-state index is 13.5. The van der Waals surface area contributed by atoms with Gasteiger partial charge >= 0.3 is 5.97 Å². The number of aromatic nitrogens is 2. The quantitative estimate of drug-likeness (QED) is 0.212. The number of carboxylic acid groups (broad SMARTS) is 1. The van der Waals surface area contributed by atoms with Crippen LogP contribution in [0.5, 0.6) is 0 Å². The number of benzene rings is 2. The van der Waals surface area contributed by atoms with Crippen molar-refractivity contribution in [3.05, 3.63) is 77.6 Å². The van der Waals surface area contributed by atoms with Gasteiger partial charge < -0.3 is 20.2 Å². The third-order valence-electron chi connectivity index (χ3n) is 11.4. The second-order valence-corrected chi connectivity index (χ2v) is 15.1. The van der Waals surface area contributed by atoms with Gasteiger partial charge in [-0.3, -0.25) is 14.4 Å². The monoisotopic (exact) mass is 679 g/mol. The number of likely N-dealkylation sites (tertiary alicyclic amines) is 1. The molecule has 1 aromatic heterocycles. The molecule has 3 heterocycles. The first-order valence-corrected chi connectivity index (χ1v) is 18.8. The number of anilines is 1. The van der Waals surface area contributed by atoms with Gasteiger partial charge in [0.15, 0.2) is 5.82 Å². The van der Waals surface area contributed by atoms with E-state index < -0.39 is 17.9 Å². The van der Waals surface area contributed by atoms with Crippen molar-refractivity contribution in [1.82, 2.24) is 20.2 Å². The molecule has 1 saturated carbocycles. The normalized spacial score (nSPS) is 20.7. The van der Waals surface area contributed by atoms with Crippen molar-refractivity contribution in [2.45, 2.75) is 90.5 Å². The fourth-order valence-corrected chi connectivity index (χ4v) is 8.14. The van der Waals surface area contributed by atoms with E-state index in [4.69, 9.17) is 9.97 Å². The number of nitrogens with one attached hydrogen (secondary N) is 1. The Hall–Kier alpha value is -4.27. The summed E-state index contributed by atoms with van der Waals surface area (Å²) in [5.74, 6) is 1.60. The second-order valence-electron chi connectivity index (χ2n) is 15.1. The molecule has 2 amide bonds. The van der Waals surface area contributed by atoms with E-state index in [1.165, 1.54) is 56.3 Å². The third-order valence-corrected chi connectivity index (χ3v) is 11.4. The maximum Gasteiger partial charge on any atom is 0.310 e. The predicted molar refractivity (Wildman–Crippen MR) is 196 cm³/mol. The van der Waals surface area contributed by atoms with Crippen LogP contribution >= 0.6 is 0 Å². The van der Waals surface area contributed by atoms with Crippen molar-refractivity contribution in [3.63, 3.8) is 0 Å². The average molecular weight is 680 g/mol. The van der Waals surface area contributed by atoms with E-state index >= 15 is 0 Å². The highest BCUT2D eigenvalue weighted by atomic mass is 16.4. The summed E-state index contributed by atoms with van der Waals surface area (Å²) in [7, 11) is 0. The summed E-state index contributed by atoms with van der Waals surface area (Å²) in [4.78, 5) is 51.4. The molecule has 6 rings (SSSR count). The first kappa shape index (κ1) is 35.6. The number of piperidine rings is 1. The summed E-state index contributed by atoms with van der Waals surface area (Å²) < 4.78 is 0. The molecule has 0 radical (unpaired) electrons. The summed E-state index contributed by atoms with van der Waals surface area (Å²) in [5.41, 5.74) is 4.42. The highest BCUT2D eigenvalue weighted by Crippen LogP contribution is 2.39. The molecule has 3 aliphatic rings. The summed E-state index contributed by atoms with van der Waals surface area (Å²) >= 11 is 0. The molecule has 1 atom stereocenters. The lowest BCUT2D eigenvalue weighted by molar-refractivity contribution is -0.153. The number of nitrogens with zero attached hydrogens (tertiary/aromatic N) is 4. The van der Waals surface area contributed by atoms with Gasteiger partial charge in [0, 0.05) is 43.7 Å². The Bertz CT molecular complexity index is 1590. The van der Waals surface area contributed by atoms with Crippen molar-refractivity contribution < 1.29 is 19.5 Å². The van der Waals surface area contributed by atoms with Crippen LogP contribution in [0.25, 0.3) is 11.4 Å². The first-order chi connectivity index (χ1) is 24.2. The van der Waals surface area contributed by atoms with Gasteiger partial charge in [0.25, 0.3) is 5.91 Å². The summed E-state index contributed by atoms with van der Waals surface area (Å²) in [6, 6.07) is 14.4. The molecule has 266 valence electrons. The van der Waals surface area contributed by atoms with Crippen LogP contribution in [0, 0.1) is 23.7 Å². The van der Waals surface area contributed by atoms with E-state index in [0.717, 1.165) is 53.2 Å². The van der Waals surface area contributed by atoms with Crippen LogP contribution in [0.1, 0.15) is 99.5 Å². The Labute approximate surface area is 296 Å². The van der Waals surface area contributed by atoms with Gasteiger partial charge in [0.1, 0.15) is 6.04 Å². The molecule has 2 aliphatic heterocycles. The van der Waals surface area contributed by atoms with Crippen LogP contribution in [0.2, 0.25) is 0 Å². The van der Waals surface area contributed by atoms with Crippen LogP contribution in [0.3, 0.4) is 0 Å². The standard InChI is InChI=1S/C41H53N5O4/c1-4-5-28-6-10-31(11-7-28)32-18-20-45(21-19-32)36-23-42-38(43-24-36)33-12-8-29(9-13-33)22-37(40(48)46-25-35(26-46)41(49)50)44-39(47)34-16-14-30(15-17-34)27(2)3/h8-9,12-17,23-24,27-28,31-32,35,37H,4-7,10-11,18-22,25-26H2,1-3H3,(H,44,47)(H,49,50)/t28-,31-,37-/m0/s1. The number of hydrogen-bond donors (Lipinski definition) is 2. The molecule has 1 aliphatic carbocycles. The number of carbonyl (C=O) groups excluding carboxylic acids is 2. The van der Waals surface area contributed by atoms with E-state index in [0.29, 0.717) is 17.3 Å². The Kier molecular flexibility index (Phi) is 11.5. The maximum absolute atomic E-state index is 13.5. The van der Waals surface area contributed by atoms with Crippen molar-refractivity contribution in [1.29, 1.82) is 0 Å². The van der Waals surface area contributed by atoms with E-state index in [1.54, 1.807) is 12.1 Å². The van der Waals surface area contributed by atoms with Crippen molar-refractivity contribution in [2.75, 3.05) is 31.1 Å². The summed E-state index contributed by atoms with van der Waals surface area (Å²) in [5, 5.41) is 12.2. The minimum Gasteiger partial charge on any atom is -0.481 e. The number of amides is 2. The number of aliphatic carboxylic acids is 1. The lowest BCUT2D eigenvalue weighted by Crippen LogP contribution is -2.59. The summed E-state index contributed by atoms with van der Waals surface area (Å²) in [6.07, 6.45) is 15.0. The van der Waals surface area contributed by atoms with Gasteiger partial charge in [-0.1, -0.05) is 82.9 Å². The van der Waals surface area contributed by atoms with Gasteiger partial charge in [-0.2, -0.15) is 0 Å². The summed E-state index contributed by atoms with van der Waals surface area (Å²) in [6.45, 7) is 8.91. The molecule has 0 bridgehead atoms. The fourth-order valence-electron chi connectivity index (χ4n) is 8.14. The molecular weight excluding hydrogens is 626 g/mol. The van der Waals surface area contributed by atoms with Gasteiger partial charge in [-0.05, 0) is 72.6 Å². The Morgan fingerprint density at radius 1 is 0.860 bits per heavy atom. The molecule has 0 unspecified atom stereocenters. The predicted octanol–water partition coefficient (Wildman–Crippen LogP) is 6.97. The largest absolute Gasteiger partial charge is 0.481 e. The molecule has 2 N–H and O–H groups in total. The van der Waals surface area contributed by atoms with Gasteiger partial charge in [0.2, 0.25) is 5.91 Å². The zero-order chi connectivity index (χ0) is 35.2. The van der Waals surface area contributed by atoms with Crippen molar-refractivity contribution >= 4 is 23.5 Å². The highest BCUT2D eigenvalue weighted by molar-refractivity contribution is 5.98. The molecule has 3 fully saturated rings. The lowest BCUT2D eigenvalue weighted by atomic mass is 9.72. The van der Waals surface area contributed by atoms with E-state index in [2.05, 4.69) is 31.0 Å². The Morgan fingerprint density at radius 2 is 1.48 bits per heavy atom. The van der Waals surface area contributed by atoms with Crippen LogP contribution in [-0.4, -0.2) is 70.0 Å². The molecule has 9 heteroatoms. The molecule has 0 spiro atoms. The van der Waals surface area contributed by atoms with Crippen LogP contribution in [-0.2, 0) is 16.0 Å². The zero-order valence-electron chi connectivity index (χ0n) is 29.9. The van der Waals surface area contributed by atoms with Gasteiger partial charge in [-0.25, -0.2) is 9.97 Å². The molecule has 9 nitrogen and oxygen atoms in total. The van der Waals surface area contributed by atoms with Crippen molar-refractivity contribution in [3.8, 4) is 11.4 Å². The van der Waals surface area contributed by atoms with E-state index in [-0.39, 0.29) is 31.3 Å². The molecule has 2 saturated heterocycles. The Balaban J connectivity index is 1.05. The number of carbonyl (C=O) groups is 3. The van der Waals surface area contributed by atoms with Crippen LogP contribution in [0.15, 0.2) is 60.9 Å². The van der Waals surface area contributed by atoms with Gasteiger partial charge in [-0.15, -0.1) is 0 Å². The Morgan fingerprint density at radius 3 is 2.06 bits per heavy atom. The SMILES string of the molecule is CCC[C@H]1CC[C@H](C2CCN(c3cnc(-c4ccc(C[C@H](NC(=O)c5ccc(C(C)C)cc5)C(=O)N5CC(C(=O)O)C5)cc4)nc3)CC2)CC1. The minimum absolute atomic E-state index is 0.147. The minimum atomic E-state index is -0.912. The molecular formula is C41H53N5O4. The first-order valence-electron chi connectivity index (χ1n) is 18.8. The second kappa shape index (κ2) is 16.2. The molecule has 50 heavy (non-hydrogen) atoms. The highest BCUT2D eigenvalue weighted by Gasteiger charge is 2.39. The zero-order valence-corrected chi connectivity index (χ0v) is 29.9. The fraction of sp³-hybridized carbons (Fsp3) is 0.537. The number of rotatable bonds is 12. The average Bonchev–Trinajstić information content (AvgIpc) is 3.11. The number of carboxylic acids is 1. The number of hydrogen-bond acceptors (Lipinski definition) is 6. The van der Waals surface area contributed by atoms with Crippen LogP contribution < -0.4 is 10.2 Å². The van der Waals surface area contributed by atoms with Crippen LogP contribution in [0.4, 0.5) is 5.69 Å². The lowest BCUT2D eigenvalue weighted by Gasteiger charge is -2.39. The topological polar surface area (TPSA) is 116 Å². The molecule has 2 aromatic carbocycles. The smallest absolute Gasteiger partial charge is 0.310 e. The van der Waals surface area contributed by atoms with E-state index in [1.807, 2.05) is 48.8 Å². The molecule has 3 aromatic rings. The van der Waals surface area contributed by atoms with E-state index in [9.17, 15) is 19.5 Å². The van der Waals surface area contributed by atoms with Gasteiger partial charge in [0.05, 0.1) is 24.0 Å². The van der Waals surface area contributed by atoms with Crippen molar-refractivity contribution in [2.24, 2.45) is 23.7 Å². The third kappa shape index (κ3) is 8.53.